The average molecular weight is 765 g/mol. The van der Waals surface area contributed by atoms with Gasteiger partial charge < -0.3 is 37.9 Å². The Kier molecular flexibility index (Phi) is 18.0. The van der Waals surface area contributed by atoms with Crippen LogP contribution in [0.4, 0.5) is 0 Å². The molecule has 0 saturated heterocycles. The van der Waals surface area contributed by atoms with Gasteiger partial charge in [0, 0.05) is 12.2 Å². The van der Waals surface area contributed by atoms with Gasteiger partial charge in [0.15, 0.2) is 23.0 Å². The van der Waals surface area contributed by atoms with Gasteiger partial charge in [0.05, 0.1) is 47.2 Å². The molecule has 0 bridgehead atoms. The molecule has 0 spiro atoms. The lowest BCUT2D eigenvalue weighted by atomic mass is 10.1. The van der Waals surface area contributed by atoms with Crippen molar-refractivity contribution in [2.45, 2.75) is 25.7 Å². The van der Waals surface area contributed by atoms with Crippen LogP contribution in [-0.4, -0.2) is 64.5 Å². The van der Waals surface area contributed by atoms with Gasteiger partial charge in [-0.05, 0) is 97.5 Å². The number of hydrogen-bond acceptors (Lipinski definition) is 13. The molecule has 3 rings (SSSR count). The maximum atomic E-state index is 12.8. The first-order valence-electron chi connectivity index (χ1n) is 17.1. The normalized spacial score (nSPS) is 10.8. The van der Waals surface area contributed by atoms with Gasteiger partial charge in [0.2, 0.25) is 0 Å². The van der Waals surface area contributed by atoms with E-state index in [4.69, 9.17) is 44.5 Å². The molecule has 0 aliphatic heterocycles. The van der Waals surface area contributed by atoms with Crippen LogP contribution in [0.3, 0.4) is 0 Å². The second-order valence-corrected chi connectivity index (χ2v) is 11.2. The molecular weight excluding hydrogens is 724 g/mol. The number of nitriles is 1. The third-order valence-electron chi connectivity index (χ3n) is 7.32. The fraction of sp³-hybridized carbons (Fsp3) is 0.238. The van der Waals surface area contributed by atoms with Crippen molar-refractivity contribution in [2.24, 2.45) is 0 Å². The lowest BCUT2D eigenvalue weighted by Crippen LogP contribution is -2.11. The van der Waals surface area contributed by atoms with Crippen molar-refractivity contribution in [1.29, 1.82) is 5.26 Å². The SMILES string of the molecule is [C-]#[N+]/C(=C\c1ccc(OCCCCOC(=O)C=C)c(OC)c1)C(=O)Oc1ccc(OC(=O)/C(C#N)=C/c2ccc(OCCCCOC(=O)C=C)c(OC)c2)cc1. The van der Waals surface area contributed by atoms with E-state index in [0.29, 0.717) is 73.0 Å². The van der Waals surface area contributed by atoms with Crippen molar-refractivity contribution < 1.29 is 57.1 Å². The van der Waals surface area contributed by atoms with Crippen LogP contribution in [0.25, 0.3) is 17.0 Å². The van der Waals surface area contributed by atoms with Crippen LogP contribution in [0.15, 0.2) is 97.2 Å². The largest absolute Gasteiger partial charge is 0.493 e. The van der Waals surface area contributed by atoms with E-state index in [1.54, 1.807) is 36.4 Å². The standard InChI is InChI=1S/C42H40N2O12/c1-6-39(45)53-22-10-8-20-51-35-18-12-29(26-37(35)49-4)24-31(28-43)41(47)55-32-14-16-33(17-15-32)56-42(48)34(44-3)25-30-13-19-36(38(27-30)50-5)52-21-9-11-23-54-40(46)7-2/h6-7,12-19,24-27H,1-2,8-11,20-23H2,4-5H3/b31-24+,34-25-. The second kappa shape index (κ2) is 23.4. The number of rotatable bonds is 22. The summed E-state index contributed by atoms with van der Waals surface area (Å²) in [5.41, 5.74) is 0.355. The van der Waals surface area contributed by atoms with Crippen molar-refractivity contribution in [1.82, 2.24) is 0 Å². The van der Waals surface area contributed by atoms with Crippen LogP contribution in [0.1, 0.15) is 36.8 Å². The Balaban J connectivity index is 1.56. The molecule has 290 valence electrons. The van der Waals surface area contributed by atoms with Crippen molar-refractivity contribution in [3.63, 3.8) is 0 Å². The van der Waals surface area contributed by atoms with Crippen LogP contribution < -0.4 is 28.4 Å². The molecule has 0 aliphatic rings. The van der Waals surface area contributed by atoms with Gasteiger partial charge in [-0.3, -0.25) is 4.79 Å². The minimum atomic E-state index is -0.926. The smallest absolute Gasteiger partial charge is 0.354 e. The highest BCUT2D eigenvalue weighted by atomic mass is 16.6. The predicted molar refractivity (Wildman–Crippen MR) is 204 cm³/mol. The summed E-state index contributed by atoms with van der Waals surface area (Å²) >= 11 is 0. The zero-order valence-electron chi connectivity index (χ0n) is 30.9. The van der Waals surface area contributed by atoms with E-state index in [9.17, 15) is 24.4 Å². The lowest BCUT2D eigenvalue weighted by molar-refractivity contribution is -0.138. The topological polar surface area (TPSA) is 170 Å². The molecule has 0 amide bonds. The van der Waals surface area contributed by atoms with Crippen molar-refractivity contribution >= 4 is 36.0 Å². The molecule has 56 heavy (non-hydrogen) atoms. The number of benzene rings is 3. The Labute approximate surface area is 324 Å². The van der Waals surface area contributed by atoms with Crippen LogP contribution in [0.5, 0.6) is 34.5 Å². The van der Waals surface area contributed by atoms with E-state index >= 15 is 0 Å². The molecule has 3 aromatic rings. The van der Waals surface area contributed by atoms with Gasteiger partial charge in [0.25, 0.3) is 5.70 Å². The minimum Gasteiger partial charge on any atom is -0.493 e. The first-order valence-corrected chi connectivity index (χ1v) is 17.1. The third kappa shape index (κ3) is 14.2. The molecule has 14 nitrogen and oxygen atoms in total. The maximum Gasteiger partial charge on any atom is 0.354 e. The number of ether oxygens (including phenoxy) is 8. The predicted octanol–water partition coefficient (Wildman–Crippen LogP) is 6.86. The fourth-order valence-electron chi connectivity index (χ4n) is 4.52. The molecule has 0 N–H and O–H groups in total. The Hall–Kier alpha value is -7.32. The summed E-state index contributed by atoms with van der Waals surface area (Å²) in [6.45, 7) is 15.4. The number of esters is 4. The van der Waals surface area contributed by atoms with Gasteiger partial charge in [-0.2, -0.15) is 5.26 Å². The van der Waals surface area contributed by atoms with Gasteiger partial charge in [-0.25, -0.2) is 19.2 Å². The first-order chi connectivity index (χ1) is 27.1. The summed E-state index contributed by atoms with van der Waals surface area (Å²) in [6.07, 6.45) is 7.30. The maximum absolute atomic E-state index is 12.8. The Bertz CT molecular complexity index is 1880. The molecule has 0 fully saturated rings. The monoisotopic (exact) mass is 764 g/mol. The number of carbonyl (C=O) groups excluding carboxylic acids is 4. The number of unbranched alkanes of at least 4 members (excludes halogenated alkanes) is 2. The first kappa shape index (κ1) is 43.1. The number of methoxy groups -OCH3 is 2. The molecule has 3 aromatic carbocycles. The second-order valence-electron chi connectivity index (χ2n) is 11.2. The molecular formula is C42H40N2O12. The number of nitrogens with zero attached hydrogens (tertiary/aromatic N) is 2. The van der Waals surface area contributed by atoms with E-state index in [-0.39, 0.29) is 36.0 Å². The van der Waals surface area contributed by atoms with E-state index in [0.717, 1.165) is 12.2 Å². The van der Waals surface area contributed by atoms with Gasteiger partial charge in [-0.1, -0.05) is 25.3 Å². The zero-order chi connectivity index (χ0) is 40.7. The molecule has 0 aromatic heterocycles. The van der Waals surface area contributed by atoms with Crippen LogP contribution >= 0.6 is 0 Å². The van der Waals surface area contributed by atoms with Crippen LogP contribution in [0, 0.1) is 17.9 Å². The molecule has 0 unspecified atom stereocenters. The summed E-state index contributed by atoms with van der Waals surface area (Å²) in [6, 6.07) is 17.1. The summed E-state index contributed by atoms with van der Waals surface area (Å²) < 4.78 is 42.9. The Morgan fingerprint density at radius 1 is 0.661 bits per heavy atom. The summed E-state index contributed by atoms with van der Waals surface area (Å²) in [7, 11) is 2.91. The lowest BCUT2D eigenvalue weighted by Gasteiger charge is -2.12. The molecule has 0 radical (unpaired) electrons. The highest BCUT2D eigenvalue weighted by molar-refractivity contribution is 5.99. The third-order valence-corrected chi connectivity index (χ3v) is 7.32. The van der Waals surface area contributed by atoms with Crippen molar-refractivity contribution in [3.05, 3.63) is 120 Å². The Morgan fingerprint density at radius 3 is 1.54 bits per heavy atom. The minimum absolute atomic E-state index is 0.0722. The molecule has 0 heterocycles. The van der Waals surface area contributed by atoms with E-state index in [1.807, 2.05) is 6.07 Å². The summed E-state index contributed by atoms with van der Waals surface area (Å²) in [4.78, 5) is 51.2. The van der Waals surface area contributed by atoms with Gasteiger partial charge in [-0.15, -0.1) is 0 Å². The highest BCUT2D eigenvalue weighted by Crippen LogP contribution is 2.31. The number of carbonyl (C=O) groups is 4. The van der Waals surface area contributed by atoms with Gasteiger partial charge in [0.1, 0.15) is 23.1 Å². The molecule has 0 atom stereocenters. The van der Waals surface area contributed by atoms with E-state index in [1.165, 1.54) is 50.6 Å². The number of hydrogen-bond donors (Lipinski definition) is 0. The van der Waals surface area contributed by atoms with Crippen LogP contribution in [0.2, 0.25) is 0 Å². The fourth-order valence-corrected chi connectivity index (χ4v) is 4.52. The summed E-state index contributed by atoms with van der Waals surface area (Å²) in [5, 5.41) is 9.68. The summed E-state index contributed by atoms with van der Waals surface area (Å²) in [5.74, 6) is -1.01. The van der Waals surface area contributed by atoms with Gasteiger partial charge >= 0.3 is 23.9 Å². The Morgan fingerprint density at radius 2 is 1.11 bits per heavy atom. The zero-order valence-corrected chi connectivity index (χ0v) is 30.9. The van der Waals surface area contributed by atoms with Crippen molar-refractivity contribution in [3.8, 4) is 40.6 Å². The van der Waals surface area contributed by atoms with E-state index < -0.39 is 23.9 Å². The molecule has 14 heteroatoms. The quantitative estimate of drug-likeness (QED) is 0.0260. The van der Waals surface area contributed by atoms with E-state index in [2.05, 4.69) is 18.0 Å². The average Bonchev–Trinajstić information content (AvgIpc) is 3.22. The van der Waals surface area contributed by atoms with Crippen LogP contribution in [-0.2, 0) is 28.7 Å². The van der Waals surface area contributed by atoms with Crippen molar-refractivity contribution in [2.75, 3.05) is 40.6 Å². The molecule has 0 saturated carbocycles. The molecule has 0 aliphatic carbocycles. The highest BCUT2D eigenvalue weighted by Gasteiger charge is 2.17.